The molecule has 1 aliphatic rings. The van der Waals surface area contributed by atoms with Gasteiger partial charge in [-0.15, -0.1) is 0 Å². The van der Waals surface area contributed by atoms with E-state index < -0.39 is 0 Å². The summed E-state index contributed by atoms with van der Waals surface area (Å²) in [4.78, 5) is 4.24. The second kappa shape index (κ2) is 11.4. The summed E-state index contributed by atoms with van der Waals surface area (Å²) in [6, 6.07) is 13.7. The van der Waals surface area contributed by atoms with Crippen LogP contribution in [-0.4, -0.2) is 45.5 Å². The number of benzene rings is 2. The van der Waals surface area contributed by atoms with E-state index in [9.17, 15) is 4.39 Å². The van der Waals surface area contributed by atoms with E-state index in [1.54, 1.807) is 19.2 Å². The molecule has 3 rings (SSSR count). The van der Waals surface area contributed by atoms with Gasteiger partial charge in [-0.3, -0.25) is 4.99 Å². The Morgan fingerprint density at radius 2 is 1.83 bits per heavy atom. The number of guanidine groups is 1. The van der Waals surface area contributed by atoms with Crippen molar-refractivity contribution in [2.24, 2.45) is 4.99 Å². The Hall–Kier alpha value is -2.64. The molecule has 1 aliphatic heterocycles. The van der Waals surface area contributed by atoms with Crippen molar-refractivity contribution in [2.45, 2.75) is 25.5 Å². The van der Waals surface area contributed by atoms with Gasteiger partial charge in [0.2, 0.25) is 0 Å². The first-order chi connectivity index (χ1) is 14.2. The van der Waals surface area contributed by atoms with Gasteiger partial charge in [0.25, 0.3) is 0 Å². The van der Waals surface area contributed by atoms with E-state index in [0.29, 0.717) is 31.3 Å². The topological polar surface area (TPSA) is 64.1 Å². The first-order valence-corrected chi connectivity index (χ1v) is 9.89. The SMILES string of the molecule is CN=C(NCCCOC1CCOC1)NCc1ccc(Oc2ccc(F)cc2)cc1. The Balaban J connectivity index is 1.34. The van der Waals surface area contributed by atoms with Gasteiger partial charge in [-0.25, -0.2) is 4.39 Å². The minimum atomic E-state index is -0.281. The fraction of sp³-hybridized carbons (Fsp3) is 0.409. The maximum absolute atomic E-state index is 12.9. The molecule has 0 aromatic heterocycles. The van der Waals surface area contributed by atoms with Gasteiger partial charge < -0.3 is 24.8 Å². The first-order valence-electron chi connectivity index (χ1n) is 9.89. The van der Waals surface area contributed by atoms with Crippen LogP contribution in [0.1, 0.15) is 18.4 Å². The Morgan fingerprint density at radius 1 is 1.10 bits per heavy atom. The third-order valence-corrected chi connectivity index (χ3v) is 4.51. The summed E-state index contributed by atoms with van der Waals surface area (Å²) in [5, 5.41) is 6.57. The van der Waals surface area contributed by atoms with Crippen LogP contribution in [0.25, 0.3) is 0 Å². The smallest absolute Gasteiger partial charge is 0.191 e. The largest absolute Gasteiger partial charge is 0.457 e. The standard InChI is InChI=1S/C22H28FN3O3/c1-24-22(25-12-2-13-28-21-11-14-27-16-21)26-15-17-3-7-19(8-4-17)29-20-9-5-18(23)6-10-20/h3-10,21H,2,11-16H2,1H3,(H2,24,25,26). The minimum Gasteiger partial charge on any atom is -0.457 e. The number of aliphatic imine (C=N–C) groups is 1. The zero-order valence-corrected chi connectivity index (χ0v) is 16.7. The Labute approximate surface area is 171 Å². The third kappa shape index (κ3) is 7.36. The van der Waals surface area contributed by atoms with Crippen LogP contribution < -0.4 is 15.4 Å². The Bertz CT molecular complexity index is 760. The predicted molar refractivity (Wildman–Crippen MR) is 111 cm³/mol. The summed E-state index contributed by atoms with van der Waals surface area (Å²) in [6.45, 7) is 3.67. The molecule has 6 nitrogen and oxygen atoms in total. The summed E-state index contributed by atoms with van der Waals surface area (Å²) >= 11 is 0. The molecule has 1 fully saturated rings. The highest BCUT2D eigenvalue weighted by Gasteiger charge is 2.15. The molecule has 0 bridgehead atoms. The van der Waals surface area contributed by atoms with Gasteiger partial charge in [-0.2, -0.15) is 0 Å². The van der Waals surface area contributed by atoms with Gasteiger partial charge in [0, 0.05) is 33.4 Å². The van der Waals surface area contributed by atoms with E-state index in [-0.39, 0.29) is 11.9 Å². The fourth-order valence-corrected chi connectivity index (χ4v) is 2.89. The molecule has 0 aliphatic carbocycles. The van der Waals surface area contributed by atoms with Crippen LogP contribution in [0.2, 0.25) is 0 Å². The maximum atomic E-state index is 12.9. The van der Waals surface area contributed by atoms with Crippen LogP contribution in [0, 0.1) is 5.82 Å². The Morgan fingerprint density at radius 3 is 2.48 bits per heavy atom. The van der Waals surface area contributed by atoms with Crippen LogP contribution in [0.4, 0.5) is 4.39 Å². The molecule has 1 saturated heterocycles. The van der Waals surface area contributed by atoms with Gasteiger partial charge in [0.05, 0.1) is 12.7 Å². The molecule has 2 aromatic carbocycles. The molecule has 0 saturated carbocycles. The average molecular weight is 401 g/mol. The molecule has 2 aromatic rings. The number of hydrogen-bond acceptors (Lipinski definition) is 4. The molecule has 0 amide bonds. The van der Waals surface area contributed by atoms with Crippen molar-refractivity contribution >= 4 is 5.96 Å². The van der Waals surface area contributed by atoms with Crippen LogP contribution in [-0.2, 0) is 16.0 Å². The van der Waals surface area contributed by atoms with Crippen LogP contribution >= 0.6 is 0 Å². The monoisotopic (exact) mass is 401 g/mol. The lowest BCUT2D eigenvalue weighted by Gasteiger charge is -2.13. The zero-order valence-electron chi connectivity index (χ0n) is 16.7. The van der Waals surface area contributed by atoms with Gasteiger partial charge in [0.1, 0.15) is 17.3 Å². The number of halogens is 1. The van der Waals surface area contributed by atoms with Gasteiger partial charge in [0.15, 0.2) is 5.96 Å². The second-order valence-corrected chi connectivity index (χ2v) is 6.76. The summed E-state index contributed by atoms with van der Waals surface area (Å²) in [7, 11) is 1.75. The van der Waals surface area contributed by atoms with Crippen molar-refractivity contribution in [3.63, 3.8) is 0 Å². The van der Waals surface area contributed by atoms with Gasteiger partial charge in [-0.05, 0) is 54.8 Å². The average Bonchev–Trinajstić information content (AvgIpc) is 3.26. The highest BCUT2D eigenvalue weighted by atomic mass is 19.1. The van der Waals surface area contributed by atoms with E-state index in [1.807, 2.05) is 24.3 Å². The lowest BCUT2D eigenvalue weighted by molar-refractivity contribution is 0.0420. The summed E-state index contributed by atoms with van der Waals surface area (Å²) < 4.78 is 29.7. The minimum absolute atomic E-state index is 0.252. The molecule has 7 heteroatoms. The van der Waals surface area contributed by atoms with Gasteiger partial charge in [-0.1, -0.05) is 12.1 Å². The van der Waals surface area contributed by atoms with E-state index in [4.69, 9.17) is 14.2 Å². The molecule has 156 valence electrons. The second-order valence-electron chi connectivity index (χ2n) is 6.76. The molecule has 29 heavy (non-hydrogen) atoms. The third-order valence-electron chi connectivity index (χ3n) is 4.51. The first kappa shape index (κ1) is 21.1. The molecular formula is C22H28FN3O3. The number of nitrogens with one attached hydrogen (secondary N) is 2. The number of ether oxygens (including phenoxy) is 3. The van der Waals surface area contributed by atoms with E-state index in [0.717, 1.165) is 37.5 Å². The van der Waals surface area contributed by atoms with E-state index >= 15 is 0 Å². The molecule has 2 N–H and O–H groups in total. The van der Waals surface area contributed by atoms with Crippen molar-refractivity contribution in [1.29, 1.82) is 0 Å². The maximum Gasteiger partial charge on any atom is 0.191 e. The fourth-order valence-electron chi connectivity index (χ4n) is 2.89. The van der Waals surface area contributed by atoms with Crippen LogP contribution in [0.15, 0.2) is 53.5 Å². The summed E-state index contributed by atoms with van der Waals surface area (Å²) in [6.07, 6.45) is 2.15. The van der Waals surface area contributed by atoms with E-state index in [2.05, 4.69) is 15.6 Å². The molecular weight excluding hydrogens is 373 g/mol. The number of nitrogens with zero attached hydrogens (tertiary/aromatic N) is 1. The molecule has 0 radical (unpaired) electrons. The summed E-state index contributed by atoms with van der Waals surface area (Å²) in [5.41, 5.74) is 1.10. The molecule has 1 atom stereocenters. The van der Waals surface area contributed by atoms with Crippen molar-refractivity contribution in [3.05, 3.63) is 59.9 Å². The van der Waals surface area contributed by atoms with E-state index in [1.165, 1.54) is 12.1 Å². The lowest BCUT2D eigenvalue weighted by atomic mass is 10.2. The van der Waals surface area contributed by atoms with Crippen LogP contribution in [0.5, 0.6) is 11.5 Å². The zero-order chi connectivity index (χ0) is 20.3. The lowest BCUT2D eigenvalue weighted by Crippen LogP contribution is -2.37. The highest BCUT2D eigenvalue weighted by molar-refractivity contribution is 5.79. The molecule has 1 heterocycles. The highest BCUT2D eigenvalue weighted by Crippen LogP contribution is 2.21. The van der Waals surface area contributed by atoms with Gasteiger partial charge >= 0.3 is 0 Å². The molecule has 0 spiro atoms. The quantitative estimate of drug-likeness (QED) is 0.383. The number of rotatable bonds is 9. The van der Waals surface area contributed by atoms with Crippen molar-refractivity contribution in [2.75, 3.05) is 33.4 Å². The Kier molecular flexibility index (Phi) is 8.27. The number of hydrogen-bond donors (Lipinski definition) is 2. The van der Waals surface area contributed by atoms with Crippen molar-refractivity contribution < 1.29 is 18.6 Å². The van der Waals surface area contributed by atoms with Crippen molar-refractivity contribution in [3.8, 4) is 11.5 Å². The molecule has 1 unspecified atom stereocenters. The van der Waals surface area contributed by atoms with Crippen molar-refractivity contribution in [1.82, 2.24) is 10.6 Å². The van der Waals surface area contributed by atoms with Crippen LogP contribution in [0.3, 0.4) is 0 Å². The normalized spacial score (nSPS) is 16.6. The predicted octanol–water partition coefficient (Wildman–Crippen LogP) is 3.48. The summed E-state index contributed by atoms with van der Waals surface area (Å²) in [5.74, 6) is 1.78.